The van der Waals surface area contributed by atoms with Crippen LogP contribution in [-0.2, 0) is 16.6 Å². The second-order valence-corrected chi connectivity index (χ2v) is 8.19. The minimum atomic E-state index is -3.73. The summed E-state index contributed by atoms with van der Waals surface area (Å²) in [6, 6.07) is 10.3. The fourth-order valence-corrected chi connectivity index (χ4v) is 4.52. The Kier molecular flexibility index (Phi) is 5.29. The maximum Gasteiger partial charge on any atom is 0.263 e. The van der Waals surface area contributed by atoms with Gasteiger partial charge in [-0.1, -0.05) is 12.1 Å². The number of hydrogen-bond acceptors (Lipinski definition) is 3. The smallest absolute Gasteiger partial charge is 0.263 e. The van der Waals surface area contributed by atoms with Crippen molar-refractivity contribution < 1.29 is 13.5 Å². The van der Waals surface area contributed by atoms with Gasteiger partial charge >= 0.3 is 0 Å². The zero-order valence-corrected chi connectivity index (χ0v) is 15.7. The van der Waals surface area contributed by atoms with E-state index in [2.05, 4.69) is 43.2 Å². The third-order valence-electron chi connectivity index (χ3n) is 2.83. The first-order valence-electron chi connectivity index (χ1n) is 6.02. The molecule has 0 heterocycles. The largest absolute Gasteiger partial charge is 0.392 e. The standard InChI is InChI=1S/C14H13BrINO3S/c1-9-5-10(8-18)6-13(14(9)15)21(19,20)17-12-4-2-3-11(16)7-12/h2-7,17-18H,8H2,1H3. The van der Waals surface area contributed by atoms with Gasteiger partial charge in [-0.3, -0.25) is 4.72 Å². The van der Waals surface area contributed by atoms with E-state index in [0.717, 1.165) is 9.13 Å². The quantitative estimate of drug-likeness (QED) is 0.655. The van der Waals surface area contributed by atoms with Gasteiger partial charge in [0.05, 0.1) is 6.61 Å². The van der Waals surface area contributed by atoms with Crippen molar-refractivity contribution in [3.63, 3.8) is 0 Å². The summed E-state index contributed by atoms with van der Waals surface area (Å²) < 4.78 is 29.0. The van der Waals surface area contributed by atoms with E-state index in [1.165, 1.54) is 6.07 Å². The summed E-state index contributed by atoms with van der Waals surface area (Å²) in [4.78, 5) is 0.116. The average molecular weight is 482 g/mol. The first kappa shape index (κ1) is 16.7. The molecular formula is C14H13BrINO3S. The summed E-state index contributed by atoms with van der Waals surface area (Å²) in [7, 11) is -3.73. The normalized spacial score (nSPS) is 11.4. The monoisotopic (exact) mass is 481 g/mol. The molecule has 0 unspecified atom stereocenters. The van der Waals surface area contributed by atoms with Gasteiger partial charge < -0.3 is 5.11 Å². The van der Waals surface area contributed by atoms with E-state index in [1.807, 2.05) is 6.07 Å². The topological polar surface area (TPSA) is 66.4 Å². The molecule has 4 nitrogen and oxygen atoms in total. The third-order valence-corrected chi connectivity index (χ3v) is 6.22. The van der Waals surface area contributed by atoms with Crippen LogP contribution in [0.4, 0.5) is 5.69 Å². The van der Waals surface area contributed by atoms with Crippen molar-refractivity contribution in [2.45, 2.75) is 18.4 Å². The molecule has 0 fully saturated rings. The summed E-state index contributed by atoms with van der Waals surface area (Å²) in [5.41, 5.74) is 1.81. The van der Waals surface area contributed by atoms with Gasteiger partial charge in [-0.05, 0) is 80.8 Å². The van der Waals surface area contributed by atoms with Crippen molar-refractivity contribution in [1.29, 1.82) is 0 Å². The lowest BCUT2D eigenvalue weighted by atomic mass is 10.1. The van der Waals surface area contributed by atoms with E-state index in [-0.39, 0.29) is 11.5 Å². The second-order valence-electron chi connectivity index (χ2n) is 4.50. The van der Waals surface area contributed by atoms with Gasteiger partial charge in [0, 0.05) is 13.7 Å². The lowest BCUT2D eigenvalue weighted by Crippen LogP contribution is -2.14. The molecule has 0 amide bonds. The molecule has 0 radical (unpaired) electrons. The number of aliphatic hydroxyl groups excluding tert-OH is 1. The molecule has 2 aromatic carbocycles. The van der Waals surface area contributed by atoms with Gasteiger partial charge in [-0.2, -0.15) is 0 Å². The lowest BCUT2D eigenvalue weighted by molar-refractivity contribution is 0.281. The Hall–Kier alpha value is -0.640. The number of aliphatic hydroxyl groups is 1. The highest BCUT2D eigenvalue weighted by Gasteiger charge is 2.20. The maximum absolute atomic E-state index is 12.5. The van der Waals surface area contributed by atoms with E-state index in [1.54, 1.807) is 31.2 Å². The summed E-state index contributed by atoms with van der Waals surface area (Å²) in [6.45, 7) is 1.58. The zero-order chi connectivity index (χ0) is 15.6. The molecule has 0 aliphatic carbocycles. The number of halogens is 2. The second kappa shape index (κ2) is 6.64. The van der Waals surface area contributed by atoms with E-state index in [4.69, 9.17) is 0 Å². The van der Waals surface area contributed by atoms with Crippen LogP contribution in [0, 0.1) is 10.5 Å². The van der Waals surface area contributed by atoms with Crippen LogP contribution in [0.25, 0.3) is 0 Å². The van der Waals surface area contributed by atoms with Gasteiger partial charge in [0.15, 0.2) is 0 Å². The zero-order valence-electron chi connectivity index (χ0n) is 11.1. The molecule has 2 rings (SSSR count). The highest BCUT2D eigenvalue weighted by molar-refractivity contribution is 14.1. The Labute approximate surface area is 145 Å². The number of benzene rings is 2. The molecule has 21 heavy (non-hydrogen) atoms. The van der Waals surface area contributed by atoms with Crippen LogP contribution in [0.15, 0.2) is 45.8 Å². The van der Waals surface area contributed by atoms with Crippen LogP contribution in [-0.4, -0.2) is 13.5 Å². The molecule has 0 aromatic heterocycles. The van der Waals surface area contributed by atoms with Crippen molar-refractivity contribution in [2.75, 3.05) is 4.72 Å². The van der Waals surface area contributed by atoms with Crippen molar-refractivity contribution >= 4 is 54.2 Å². The first-order chi connectivity index (χ1) is 9.83. The minimum absolute atomic E-state index is 0.116. The Morgan fingerprint density at radius 1 is 1.29 bits per heavy atom. The molecule has 0 saturated carbocycles. The Bertz CT molecular complexity index is 778. The summed E-state index contributed by atoms with van der Waals surface area (Å²) in [5.74, 6) is 0. The van der Waals surface area contributed by atoms with Crippen molar-refractivity contribution in [3.05, 3.63) is 55.6 Å². The number of hydrogen-bond donors (Lipinski definition) is 2. The fourth-order valence-electron chi connectivity index (χ4n) is 1.86. The molecule has 0 aliphatic rings. The Balaban J connectivity index is 2.47. The molecule has 0 bridgehead atoms. The van der Waals surface area contributed by atoms with Gasteiger partial charge in [0.25, 0.3) is 10.0 Å². The molecule has 2 N–H and O–H groups in total. The van der Waals surface area contributed by atoms with Crippen LogP contribution in [0.3, 0.4) is 0 Å². The van der Waals surface area contributed by atoms with Crippen LogP contribution in [0.5, 0.6) is 0 Å². The van der Waals surface area contributed by atoms with Crippen LogP contribution < -0.4 is 4.72 Å². The molecule has 0 atom stereocenters. The highest BCUT2D eigenvalue weighted by Crippen LogP contribution is 2.29. The summed E-state index contributed by atoms with van der Waals surface area (Å²) in [6.07, 6.45) is 0. The van der Waals surface area contributed by atoms with E-state index < -0.39 is 10.0 Å². The first-order valence-corrected chi connectivity index (χ1v) is 9.37. The Morgan fingerprint density at radius 2 is 2.00 bits per heavy atom. The van der Waals surface area contributed by atoms with Crippen molar-refractivity contribution in [3.8, 4) is 0 Å². The Morgan fingerprint density at radius 3 is 2.62 bits per heavy atom. The van der Waals surface area contributed by atoms with Gasteiger partial charge in [-0.15, -0.1) is 0 Å². The third kappa shape index (κ3) is 3.97. The number of rotatable bonds is 4. The highest BCUT2D eigenvalue weighted by atomic mass is 127. The predicted molar refractivity (Wildman–Crippen MR) is 94.8 cm³/mol. The van der Waals surface area contributed by atoms with E-state index >= 15 is 0 Å². The van der Waals surface area contributed by atoms with Gasteiger partial charge in [-0.25, -0.2) is 8.42 Å². The van der Waals surface area contributed by atoms with Gasteiger partial charge in [0.2, 0.25) is 0 Å². The molecule has 2 aromatic rings. The van der Waals surface area contributed by atoms with E-state index in [9.17, 15) is 13.5 Å². The van der Waals surface area contributed by atoms with Crippen molar-refractivity contribution in [1.82, 2.24) is 0 Å². The minimum Gasteiger partial charge on any atom is -0.392 e. The molecule has 112 valence electrons. The molecule has 0 spiro atoms. The molecule has 0 aliphatic heterocycles. The van der Waals surface area contributed by atoms with Crippen LogP contribution in [0.1, 0.15) is 11.1 Å². The predicted octanol–water partition coefficient (Wildman–Crippen LogP) is 3.66. The lowest BCUT2D eigenvalue weighted by Gasteiger charge is -2.13. The summed E-state index contributed by atoms with van der Waals surface area (Å²) in [5, 5.41) is 9.24. The van der Waals surface area contributed by atoms with Crippen molar-refractivity contribution in [2.24, 2.45) is 0 Å². The average Bonchev–Trinajstić information content (AvgIpc) is 2.41. The van der Waals surface area contributed by atoms with Gasteiger partial charge in [0.1, 0.15) is 4.90 Å². The SMILES string of the molecule is Cc1cc(CO)cc(S(=O)(=O)Nc2cccc(I)c2)c1Br. The summed E-state index contributed by atoms with van der Waals surface area (Å²) >= 11 is 5.42. The molecule has 7 heteroatoms. The van der Waals surface area contributed by atoms with Crippen LogP contribution >= 0.6 is 38.5 Å². The molecule has 0 saturated heterocycles. The number of nitrogens with one attached hydrogen (secondary N) is 1. The number of aryl methyl sites for hydroxylation is 1. The molecular weight excluding hydrogens is 469 g/mol. The van der Waals surface area contributed by atoms with E-state index in [0.29, 0.717) is 15.7 Å². The number of anilines is 1. The van der Waals surface area contributed by atoms with Crippen LogP contribution in [0.2, 0.25) is 0 Å². The maximum atomic E-state index is 12.5. The fraction of sp³-hybridized carbons (Fsp3) is 0.143. The number of sulfonamides is 1.